The van der Waals surface area contributed by atoms with Gasteiger partial charge in [0.15, 0.2) is 17.1 Å². The van der Waals surface area contributed by atoms with Crippen LogP contribution in [0.15, 0.2) is 18.2 Å². The first kappa shape index (κ1) is 15.7. The number of esters is 1. The number of hydrogen-bond donors (Lipinski definition) is 1. The van der Waals surface area contributed by atoms with Gasteiger partial charge in [-0.2, -0.15) is 4.39 Å². The molecule has 0 spiro atoms. The van der Waals surface area contributed by atoms with E-state index in [2.05, 4.69) is 5.32 Å². The first-order valence-corrected chi connectivity index (χ1v) is 6.95. The van der Waals surface area contributed by atoms with Crippen molar-refractivity contribution in [2.24, 2.45) is 5.92 Å². The van der Waals surface area contributed by atoms with Gasteiger partial charge in [0.05, 0.1) is 7.11 Å². The van der Waals surface area contributed by atoms with Gasteiger partial charge in [-0.1, -0.05) is 13.0 Å². The lowest BCUT2D eigenvalue weighted by molar-refractivity contribution is -0.151. The lowest BCUT2D eigenvalue weighted by Gasteiger charge is -2.31. The minimum atomic E-state index is -1.05. The second-order valence-electron chi connectivity index (χ2n) is 5.11. The Morgan fingerprint density at radius 1 is 1.43 bits per heavy atom. The van der Waals surface area contributed by atoms with E-state index in [4.69, 9.17) is 9.47 Å². The van der Waals surface area contributed by atoms with E-state index in [1.165, 1.54) is 19.2 Å². The number of rotatable bonds is 7. The topological polar surface area (TPSA) is 47.6 Å². The molecule has 6 heteroatoms. The van der Waals surface area contributed by atoms with Gasteiger partial charge in [0.2, 0.25) is 5.82 Å². The van der Waals surface area contributed by atoms with Gasteiger partial charge in [-0.3, -0.25) is 5.32 Å². The first-order chi connectivity index (χ1) is 10.0. The van der Waals surface area contributed by atoms with Gasteiger partial charge < -0.3 is 9.47 Å². The zero-order chi connectivity index (χ0) is 15.5. The highest BCUT2D eigenvalue weighted by molar-refractivity contribution is 5.82. The summed E-state index contributed by atoms with van der Waals surface area (Å²) in [4.78, 5) is 12.1. The van der Waals surface area contributed by atoms with Crippen molar-refractivity contribution < 1.29 is 23.0 Å². The lowest BCUT2D eigenvalue weighted by Crippen LogP contribution is -2.58. The highest BCUT2D eigenvalue weighted by atomic mass is 19.2. The van der Waals surface area contributed by atoms with Crippen LogP contribution in [0.25, 0.3) is 0 Å². The Morgan fingerprint density at radius 2 is 2.14 bits per heavy atom. The molecule has 0 aromatic heterocycles. The summed E-state index contributed by atoms with van der Waals surface area (Å²) in [5.74, 6) is -2.60. The van der Waals surface area contributed by atoms with Gasteiger partial charge in [-0.25, -0.2) is 9.18 Å². The fraction of sp³-hybridized carbons (Fsp3) is 0.533. The van der Waals surface area contributed by atoms with E-state index >= 15 is 0 Å². The maximum Gasteiger partial charge on any atom is 0.329 e. The van der Waals surface area contributed by atoms with Crippen LogP contribution in [0.5, 0.6) is 5.75 Å². The van der Waals surface area contributed by atoms with Crippen molar-refractivity contribution in [3.05, 3.63) is 29.8 Å². The Bertz CT molecular complexity index is 520. The van der Waals surface area contributed by atoms with Crippen LogP contribution in [0, 0.1) is 17.6 Å². The molecule has 1 unspecified atom stereocenters. The Morgan fingerprint density at radius 3 is 2.71 bits per heavy atom. The largest absolute Gasteiger partial charge is 0.488 e. The SMILES string of the molecule is CCNC(COc1cccc(F)c1F)(C(=O)OC)C1CC1. The number of benzene rings is 1. The molecule has 0 amide bonds. The minimum absolute atomic E-state index is 0.0847. The summed E-state index contributed by atoms with van der Waals surface area (Å²) >= 11 is 0. The molecule has 2 rings (SSSR count). The molecular weight excluding hydrogens is 280 g/mol. The summed E-state index contributed by atoms with van der Waals surface area (Å²) in [6.45, 7) is 2.31. The summed E-state index contributed by atoms with van der Waals surface area (Å²) in [7, 11) is 1.31. The third kappa shape index (κ3) is 3.15. The zero-order valence-electron chi connectivity index (χ0n) is 12.1. The molecule has 116 valence electrons. The Labute approximate surface area is 122 Å². The van der Waals surface area contributed by atoms with Crippen LogP contribution in [0.2, 0.25) is 0 Å². The van der Waals surface area contributed by atoms with E-state index in [1.807, 2.05) is 6.92 Å². The van der Waals surface area contributed by atoms with Gasteiger partial charge in [0.25, 0.3) is 0 Å². The molecule has 1 aliphatic rings. The van der Waals surface area contributed by atoms with Crippen molar-refractivity contribution in [3.8, 4) is 5.75 Å². The monoisotopic (exact) mass is 299 g/mol. The number of likely N-dealkylation sites (N-methyl/N-ethyl adjacent to an activating group) is 1. The quantitative estimate of drug-likeness (QED) is 0.785. The van der Waals surface area contributed by atoms with Crippen LogP contribution >= 0.6 is 0 Å². The van der Waals surface area contributed by atoms with Crippen molar-refractivity contribution in [1.82, 2.24) is 5.32 Å². The molecular formula is C15H19F2NO3. The summed E-state index contributed by atoms with van der Waals surface area (Å²) in [6.07, 6.45) is 1.74. The van der Waals surface area contributed by atoms with Gasteiger partial charge in [0.1, 0.15) is 6.61 Å². The second kappa shape index (κ2) is 6.39. The van der Waals surface area contributed by atoms with Crippen LogP contribution in [0.1, 0.15) is 19.8 Å². The fourth-order valence-corrected chi connectivity index (χ4v) is 2.47. The number of ether oxygens (including phenoxy) is 2. The van der Waals surface area contributed by atoms with Gasteiger partial charge in [-0.05, 0) is 37.4 Å². The maximum atomic E-state index is 13.6. The molecule has 0 heterocycles. The van der Waals surface area contributed by atoms with E-state index < -0.39 is 23.1 Å². The van der Waals surface area contributed by atoms with E-state index in [-0.39, 0.29) is 18.3 Å². The molecule has 1 N–H and O–H groups in total. The standard InChI is InChI=1S/C15H19F2NO3/c1-3-18-15(10-7-8-10,14(19)20-2)9-21-12-6-4-5-11(16)13(12)17/h4-6,10,18H,3,7-9H2,1-2H3. The highest BCUT2D eigenvalue weighted by Crippen LogP contribution is 2.41. The molecule has 0 saturated heterocycles. The summed E-state index contributed by atoms with van der Waals surface area (Å²) < 4.78 is 37.1. The average Bonchev–Trinajstić information content (AvgIpc) is 3.31. The molecule has 0 radical (unpaired) electrons. The second-order valence-corrected chi connectivity index (χ2v) is 5.11. The van der Waals surface area contributed by atoms with E-state index in [9.17, 15) is 13.6 Å². The summed E-state index contributed by atoms with van der Waals surface area (Å²) in [5, 5.41) is 3.10. The third-order valence-electron chi connectivity index (χ3n) is 3.69. The van der Waals surface area contributed by atoms with Crippen LogP contribution in [0.3, 0.4) is 0 Å². The van der Waals surface area contributed by atoms with Crippen LogP contribution in [-0.4, -0.2) is 31.8 Å². The summed E-state index contributed by atoms with van der Waals surface area (Å²) in [5.41, 5.74) is -1.01. The Kier molecular flexibility index (Phi) is 4.77. The Balaban J connectivity index is 2.19. The molecule has 1 fully saturated rings. The van der Waals surface area contributed by atoms with Crippen LogP contribution in [0.4, 0.5) is 8.78 Å². The number of carbonyl (C=O) groups excluding carboxylic acids is 1. The van der Waals surface area contributed by atoms with E-state index in [0.717, 1.165) is 18.9 Å². The van der Waals surface area contributed by atoms with Gasteiger partial charge in [-0.15, -0.1) is 0 Å². The fourth-order valence-electron chi connectivity index (χ4n) is 2.47. The number of halogens is 2. The predicted molar refractivity (Wildman–Crippen MR) is 73.0 cm³/mol. The molecule has 21 heavy (non-hydrogen) atoms. The average molecular weight is 299 g/mol. The maximum absolute atomic E-state index is 13.6. The van der Waals surface area contributed by atoms with Crippen molar-refractivity contribution in [2.45, 2.75) is 25.3 Å². The van der Waals surface area contributed by atoms with Crippen molar-refractivity contribution in [2.75, 3.05) is 20.3 Å². The van der Waals surface area contributed by atoms with Crippen LogP contribution < -0.4 is 10.1 Å². The van der Waals surface area contributed by atoms with Crippen molar-refractivity contribution in [1.29, 1.82) is 0 Å². The number of carbonyl (C=O) groups is 1. The molecule has 4 nitrogen and oxygen atoms in total. The normalized spacial score (nSPS) is 17.1. The van der Waals surface area contributed by atoms with Crippen molar-refractivity contribution in [3.63, 3.8) is 0 Å². The van der Waals surface area contributed by atoms with Gasteiger partial charge >= 0.3 is 5.97 Å². The first-order valence-electron chi connectivity index (χ1n) is 6.95. The Hall–Kier alpha value is -1.69. The number of nitrogens with one attached hydrogen (secondary N) is 1. The smallest absolute Gasteiger partial charge is 0.329 e. The number of methoxy groups -OCH3 is 1. The third-order valence-corrected chi connectivity index (χ3v) is 3.69. The van der Waals surface area contributed by atoms with E-state index in [1.54, 1.807) is 0 Å². The zero-order valence-corrected chi connectivity index (χ0v) is 12.1. The number of hydrogen-bond acceptors (Lipinski definition) is 4. The van der Waals surface area contributed by atoms with Crippen LogP contribution in [-0.2, 0) is 9.53 Å². The molecule has 1 atom stereocenters. The highest BCUT2D eigenvalue weighted by Gasteiger charge is 2.52. The molecule has 1 aromatic carbocycles. The molecule has 0 bridgehead atoms. The molecule has 1 aromatic rings. The van der Waals surface area contributed by atoms with Gasteiger partial charge in [0, 0.05) is 0 Å². The molecule has 1 aliphatic carbocycles. The van der Waals surface area contributed by atoms with Crippen molar-refractivity contribution >= 4 is 5.97 Å². The predicted octanol–water partition coefficient (Wildman–Crippen LogP) is 2.27. The lowest BCUT2D eigenvalue weighted by atomic mass is 9.94. The summed E-state index contributed by atoms with van der Waals surface area (Å²) in [6, 6.07) is 3.71. The molecule has 1 saturated carbocycles. The van der Waals surface area contributed by atoms with E-state index in [0.29, 0.717) is 6.54 Å². The molecule has 0 aliphatic heterocycles. The minimum Gasteiger partial charge on any atom is -0.488 e.